The highest BCUT2D eigenvalue weighted by Crippen LogP contribution is 2.34. The van der Waals surface area contributed by atoms with Crippen molar-refractivity contribution in [2.24, 2.45) is 0 Å². The molecular formula is C19H27N3OS. The summed E-state index contributed by atoms with van der Waals surface area (Å²) in [5.41, 5.74) is 1.52. The van der Waals surface area contributed by atoms with Gasteiger partial charge in [0, 0.05) is 24.5 Å². The molecule has 0 N–H and O–H groups in total. The predicted molar refractivity (Wildman–Crippen MR) is 101 cm³/mol. The van der Waals surface area contributed by atoms with Crippen molar-refractivity contribution in [1.29, 1.82) is 0 Å². The summed E-state index contributed by atoms with van der Waals surface area (Å²) in [5, 5.41) is 0.932. The van der Waals surface area contributed by atoms with Crippen LogP contribution in [0, 0.1) is 0 Å². The zero-order valence-electron chi connectivity index (χ0n) is 14.6. The van der Waals surface area contributed by atoms with Gasteiger partial charge in [0.05, 0.1) is 5.39 Å². The zero-order valence-corrected chi connectivity index (χ0v) is 15.5. The smallest absolute Gasteiger partial charge is 0.263 e. The van der Waals surface area contributed by atoms with Gasteiger partial charge in [-0.15, -0.1) is 11.3 Å². The van der Waals surface area contributed by atoms with Crippen LogP contribution in [-0.4, -0.2) is 22.6 Å². The molecule has 1 aliphatic heterocycles. The standard InChI is InChI=1S/C19H27N3OS/c1-2-11-22-18(23)16-14-9-5-6-10-15(14)24-17(16)20-19(22)21-12-7-3-4-8-13-21/h2-13H2,1H3. The third kappa shape index (κ3) is 2.77. The molecule has 0 radical (unpaired) electrons. The number of anilines is 1. The second kappa shape index (κ2) is 6.87. The number of rotatable bonds is 3. The van der Waals surface area contributed by atoms with E-state index in [9.17, 15) is 4.79 Å². The third-order valence-corrected chi connectivity index (χ3v) is 6.58. The normalized spacial score (nSPS) is 18.6. The summed E-state index contributed by atoms with van der Waals surface area (Å²) >= 11 is 1.77. The molecule has 2 aliphatic rings. The van der Waals surface area contributed by atoms with E-state index < -0.39 is 0 Å². The van der Waals surface area contributed by atoms with E-state index in [0.29, 0.717) is 0 Å². The fraction of sp³-hybridized carbons (Fsp3) is 0.684. The first-order valence-corrected chi connectivity index (χ1v) is 10.4. The second-order valence-electron chi connectivity index (χ2n) is 7.16. The van der Waals surface area contributed by atoms with E-state index in [1.54, 1.807) is 11.3 Å². The highest BCUT2D eigenvalue weighted by Gasteiger charge is 2.24. The minimum atomic E-state index is 0.209. The van der Waals surface area contributed by atoms with Gasteiger partial charge in [-0.05, 0) is 50.5 Å². The first-order valence-electron chi connectivity index (χ1n) is 9.59. The van der Waals surface area contributed by atoms with Crippen LogP contribution < -0.4 is 10.5 Å². The number of fused-ring (bicyclic) bond motifs is 3. The Labute approximate surface area is 147 Å². The fourth-order valence-corrected chi connectivity index (χ4v) is 5.41. The molecular weight excluding hydrogens is 318 g/mol. The average molecular weight is 346 g/mol. The average Bonchev–Trinajstić information content (AvgIpc) is 2.77. The van der Waals surface area contributed by atoms with Crippen LogP contribution in [0.2, 0.25) is 0 Å². The summed E-state index contributed by atoms with van der Waals surface area (Å²) in [6.45, 7) is 4.99. The van der Waals surface area contributed by atoms with Gasteiger partial charge in [0.25, 0.3) is 5.56 Å². The zero-order chi connectivity index (χ0) is 16.5. The summed E-state index contributed by atoms with van der Waals surface area (Å²) in [5.74, 6) is 0.926. The van der Waals surface area contributed by atoms with Crippen LogP contribution in [0.4, 0.5) is 5.95 Å². The first kappa shape index (κ1) is 16.1. The molecule has 2 aromatic rings. The molecule has 1 aliphatic carbocycles. The molecule has 5 heteroatoms. The molecule has 0 unspecified atom stereocenters. The van der Waals surface area contributed by atoms with Crippen LogP contribution in [-0.2, 0) is 19.4 Å². The van der Waals surface area contributed by atoms with Crippen molar-refractivity contribution in [1.82, 2.24) is 9.55 Å². The molecule has 1 saturated heterocycles. The van der Waals surface area contributed by atoms with Crippen molar-refractivity contribution in [2.45, 2.75) is 71.3 Å². The van der Waals surface area contributed by atoms with Crippen molar-refractivity contribution in [3.63, 3.8) is 0 Å². The molecule has 0 saturated carbocycles. The Bertz CT molecular complexity index is 784. The van der Waals surface area contributed by atoms with Crippen molar-refractivity contribution in [3.05, 3.63) is 20.8 Å². The number of aryl methyl sites for hydroxylation is 2. The van der Waals surface area contributed by atoms with Gasteiger partial charge in [0.1, 0.15) is 4.83 Å². The highest BCUT2D eigenvalue weighted by atomic mass is 32.1. The molecule has 2 aromatic heterocycles. The van der Waals surface area contributed by atoms with Crippen LogP contribution in [0.1, 0.15) is 62.3 Å². The largest absolute Gasteiger partial charge is 0.342 e. The van der Waals surface area contributed by atoms with Crippen LogP contribution >= 0.6 is 11.3 Å². The topological polar surface area (TPSA) is 38.1 Å². The van der Waals surface area contributed by atoms with Crippen LogP contribution in [0.15, 0.2) is 4.79 Å². The van der Waals surface area contributed by atoms with Gasteiger partial charge >= 0.3 is 0 Å². The number of nitrogens with zero attached hydrogens (tertiary/aromatic N) is 3. The highest BCUT2D eigenvalue weighted by molar-refractivity contribution is 7.18. The molecule has 0 aromatic carbocycles. The van der Waals surface area contributed by atoms with E-state index in [-0.39, 0.29) is 5.56 Å². The lowest BCUT2D eigenvalue weighted by molar-refractivity contribution is 0.619. The molecule has 0 amide bonds. The van der Waals surface area contributed by atoms with E-state index in [1.807, 2.05) is 4.57 Å². The summed E-state index contributed by atoms with van der Waals surface area (Å²) < 4.78 is 1.97. The Morgan fingerprint density at radius 1 is 1.04 bits per heavy atom. The minimum Gasteiger partial charge on any atom is -0.342 e. The fourth-order valence-electron chi connectivity index (χ4n) is 4.16. The molecule has 24 heavy (non-hydrogen) atoms. The van der Waals surface area contributed by atoms with Crippen molar-refractivity contribution in [3.8, 4) is 0 Å². The number of thiophene rings is 1. The SMILES string of the molecule is CCCn1c(N2CCCCCC2)nc2sc3c(c2c1=O)CCCC3. The van der Waals surface area contributed by atoms with Crippen molar-refractivity contribution >= 4 is 27.5 Å². The van der Waals surface area contributed by atoms with Gasteiger partial charge in [-0.3, -0.25) is 9.36 Å². The number of hydrogen-bond donors (Lipinski definition) is 0. The lowest BCUT2D eigenvalue weighted by Crippen LogP contribution is -2.33. The number of hydrogen-bond acceptors (Lipinski definition) is 4. The van der Waals surface area contributed by atoms with E-state index in [2.05, 4.69) is 11.8 Å². The summed E-state index contributed by atoms with van der Waals surface area (Å²) in [6, 6.07) is 0. The Hall–Kier alpha value is -1.36. The molecule has 4 nitrogen and oxygen atoms in total. The molecule has 0 spiro atoms. The Kier molecular flexibility index (Phi) is 4.61. The van der Waals surface area contributed by atoms with Gasteiger partial charge in [0.15, 0.2) is 0 Å². The molecule has 4 rings (SSSR count). The molecule has 0 bridgehead atoms. The Morgan fingerprint density at radius 3 is 2.54 bits per heavy atom. The van der Waals surface area contributed by atoms with E-state index in [4.69, 9.17) is 4.98 Å². The monoisotopic (exact) mass is 345 g/mol. The van der Waals surface area contributed by atoms with Crippen molar-refractivity contribution < 1.29 is 0 Å². The maximum Gasteiger partial charge on any atom is 0.263 e. The predicted octanol–water partition coefficient (Wildman–Crippen LogP) is 4.13. The van der Waals surface area contributed by atoms with Gasteiger partial charge in [-0.25, -0.2) is 4.98 Å². The summed E-state index contributed by atoms with van der Waals surface area (Å²) in [6.07, 6.45) is 10.6. The van der Waals surface area contributed by atoms with Crippen molar-refractivity contribution in [2.75, 3.05) is 18.0 Å². The van der Waals surface area contributed by atoms with Gasteiger partial charge in [-0.2, -0.15) is 0 Å². The maximum atomic E-state index is 13.3. The maximum absolute atomic E-state index is 13.3. The molecule has 3 heterocycles. The first-order chi connectivity index (χ1) is 11.8. The molecule has 130 valence electrons. The minimum absolute atomic E-state index is 0.209. The lowest BCUT2D eigenvalue weighted by Gasteiger charge is -2.24. The summed E-state index contributed by atoms with van der Waals surface area (Å²) in [7, 11) is 0. The lowest BCUT2D eigenvalue weighted by atomic mass is 9.97. The Morgan fingerprint density at radius 2 is 1.79 bits per heavy atom. The number of aromatic nitrogens is 2. The van der Waals surface area contributed by atoms with E-state index >= 15 is 0 Å². The third-order valence-electron chi connectivity index (χ3n) is 5.39. The van der Waals surface area contributed by atoms with E-state index in [1.165, 1.54) is 49.0 Å². The second-order valence-corrected chi connectivity index (χ2v) is 8.24. The van der Waals surface area contributed by atoms with Gasteiger partial charge in [-0.1, -0.05) is 19.8 Å². The quantitative estimate of drug-likeness (QED) is 0.839. The van der Waals surface area contributed by atoms with Crippen LogP contribution in [0.3, 0.4) is 0 Å². The van der Waals surface area contributed by atoms with Crippen LogP contribution in [0.5, 0.6) is 0 Å². The van der Waals surface area contributed by atoms with Gasteiger partial charge in [0.2, 0.25) is 5.95 Å². The Balaban J connectivity index is 1.89. The summed E-state index contributed by atoms with van der Waals surface area (Å²) in [4.78, 5) is 23.1. The van der Waals surface area contributed by atoms with E-state index in [0.717, 1.165) is 55.1 Å². The van der Waals surface area contributed by atoms with Crippen LogP contribution in [0.25, 0.3) is 10.2 Å². The van der Waals surface area contributed by atoms with Gasteiger partial charge < -0.3 is 4.90 Å². The molecule has 1 fully saturated rings. The molecule has 0 atom stereocenters.